The Labute approximate surface area is 645 Å². The molecule has 14 N–H and O–H groups in total. The van der Waals surface area contributed by atoms with E-state index in [1.54, 1.807) is 0 Å². The van der Waals surface area contributed by atoms with Crippen molar-refractivity contribution < 1.29 is 85.9 Å². The predicted molar refractivity (Wildman–Crippen MR) is 432 cm³/mol. The van der Waals surface area contributed by atoms with E-state index in [1.807, 2.05) is 103 Å². The first-order valence-electron chi connectivity index (χ1n) is 32.7. The van der Waals surface area contributed by atoms with E-state index in [0.717, 1.165) is 26.3 Å². The van der Waals surface area contributed by atoms with Gasteiger partial charge >= 0.3 is 35.3 Å². The maximum absolute atomic E-state index is 11.7. The highest BCUT2D eigenvalue weighted by Gasteiger charge is 2.52. The minimum Gasteiger partial charge on any atom is -0.480 e. The van der Waals surface area contributed by atoms with Crippen LogP contribution in [0.3, 0.4) is 0 Å². The second kappa shape index (κ2) is 53.4. The number of benzene rings is 7. The van der Waals surface area contributed by atoms with Crippen molar-refractivity contribution in [3.05, 3.63) is 218 Å². The molecule has 0 spiro atoms. The number of rotatable bonds is 22. The lowest BCUT2D eigenvalue weighted by Gasteiger charge is -2.43. The summed E-state index contributed by atoms with van der Waals surface area (Å²) in [6, 6.07) is 67.8. The zero-order chi connectivity index (χ0) is 80.0. The Hall–Kier alpha value is -7.37. The van der Waals surface area contributed by atoms with Crippen LogP contribution in [-0.2, 0) is 72.3 Å². The summed E-state index contributed by atoms with van der Waals surface area (Å²) in [6.07, 6.45) is 0. The number of nitrogens with two attached hydrogens (primary N) is 5. The number of carbonyl (C=O) groups excluding carboxylic acids is 5. The molecule has 7 aromatic rings. The lowest BCUT2D eigenvalue weighted by atomic mass is 10.2. The first-order valence-corrected chi connectivity index (χ1v) is 41.5. The zero-order valence-electron chi connectivity index (χ0n) is 61.8. The van der Waals surface area contributed by atoms with Gasteiger partial charge in [-0.1, -0.05) is 292 Å². The quantitative estimate of drug-likeness (QED) is 0.0150. The lowest BCUT2D eigenvalue weighted by molar-refractivity contribution is -0.143. The highest BCUT2D eigenvalue weighted by molar-refractivity contribution is 8.26. The second-order valence-electron chi connectivity index (χ2n) is 25.8. The fourth-order valence-electron chi connectivity index (χ4n) is 10.1. The van der Waals surface area contributed by atoms with E-state index in [0.29, 0.717) is 5.04 Å². The van der Waals surface area contributed by atoms with Gasteiger partial charge in [-0.3, -0.25) is 24.0 Å². The van der Waals surface area contributed by atoms with Crippen molar-refractivity contribution in [3.63, 3.8) is 0 Å². The molecule has 0 radical (unpaired) electrons. The summed E-state index contributed by atoms with van der Waals surface area (Å²) in [5.41, 5.74) is 26.8. The van der Waals surface area contributed by atoms with Gasteiger partial charge in [0.15, 0.2) is 0 Å². The summed E-state index contributed by atoms with van der Waals surface area (Å²) in [5, 5.41) is 40.1. The van der Waals surface area contributed by atoms with E-state index in [1.165, 1.54) is 38.8 Å². The Morgan fingerprint density at radius 1 is 0.425 bits per heavy atom. The van der Waals surface area contributed by atoms with Gasteiger partial charge in [-0.05, 0) is 41.4 Å². The SMILES string of the molecule is C.CC(C)(C)[SiH](c1ccccc1)c1ccccc1.COC(=O)[C@@H](N)CO.COC(=O)[C@@H](N)CO.COC(=O)[C@@H](N)CO[Si](c1ccccc1)(c1ccccc1)C(C)(C)C.COC(=O)[C@@H](N)CO[Si](c1ccccc1)(c1ccccc1)C(C)(C)C.N[C@@H](CO)C(=O)O.O=C(Cl)OCc1ccccc1.O=S(Cl)Cl. The van der Waals surface area contributed by atoms with E-state index in [4.69, 9.17) is 83.2 Å². The van der Waals surface area contributed by atoms with Crippen LogP contribution in [0.15, 0.2) is 212 Å². The normalized spacial score (nSPS) is 12.3. The third kappa shape index (κ3) is 36.5. The predicted octanol–water partition coefficient (Wildman–Crippen LogP) is 6.54. The molecule has 0 saturated carbocycles. The molecule has 23 nitrogen and oxygen atoms in total. The van der Waals surface area contributed by atoms with E-state index in [2.05, 4.69) is 207 Å². The Morgan fingerprint density at radius 2 is 0.651 bits per heavy atom. The number of esters is 4. The van der Waals surface area contributed by atoms with Gasteiger partial charge in [0.1, 0.15) is 45.6 Å². The van der Waals surface area contributed by atoms with Gasteiger partial charge in [-0.15, -0.1) is 0 Å². The van der Waals surface area contributed by atoms with Crippen molar-refractivity contribution in [2.24, 2.45) is 28.7 Å². The minimum atomic E-state index is -2.66. The van der Waals surface area contributed by atoms with Crippen molar-refractivity contribution in [1.82, 2.24) is 0 Å². The van der Waals surface area contributed by atoms with E-state index in [-0.39, 0.29) is 50.5 Å². The van der Waals surface area contributed by atoms with Crippen LogP contribution in [0.2, 0.25) is 15.1 Å². The standard InChI is InChI=1S/2C20H27NO3Si.C16H20Si.C8H7ClO2.2C4H9NO3.C3H7NO3.CH4.Cl2OS/c2*1-20(2,3)25(16-11-7-5-8-12-16,17-13-9-6-10-14-17)24-15-18(21)19(22)23-4;1-16(2,3)17(14-10-6-4-7-11-14)15-12-8-5-9-13-15;9-8(10)11-6-7-4-2-1-3-5-7;2*1-8-4(7)3(5)2-6;4-2(1-5)3(6)7;;1-4(2)3/h2*5-14,18H,15,21H2,1-4H3;4-13,17H,1-3H3;1-5H,6H2;2*3,6H,2,5H2,1H3;2,5H,1,4H2,(H,6,7);1H4;/t2*18-;;;2*3-;2-;;/m00..000../s1. The molecule has 106 heavy (non-hydrogen) atoms. The summed E-state index contributed by atoms with van der Waals surface area (Å²) >= 11 is 4.97. The number of carboxylic acid groups (broad SMARTS) is 1. The Morgan fingerprint density at radius 3 is 0.830 bits per heavy atom. The maximum Gasteiger partial charge on any atom is 0.404 e. The number of aliphatic hydroxyl groups excluding tert-OH is 3. The fourth-order valence-corrected chi connectivity index (χ4v) is 22.9. The second-order valence-corrected chi connectivity index (χ2v) is 41.2. The molecule has 30 heteroatoms. The Bertz CT molecular complexity index is 3300. The van der Waals surface area contributed by atoms with Gasteiger partial charge in [-0.25, -0.2) is 9.00 Å². The van der Waals surface area contributed by atoms with E-state index >= 15 is 0 Å². The molecule has 0 bridgehead atoms. The number of carboxylic acids is 1. The van der Waals surface area contributed by atoms with E-state index in [9.17, 15) is 28.8 Å². The van der Waals surface area contributed by atoms with Gasteiger partial charge in [-0.2, -0.15) is 0 Å². The molecule has 0 heterocycles. The van der Waals surface area contributed by atoms with Crippen LogP contribution >= 0.6 is 33.0 Å². The summed E-state index contributed by atoms with van der Waals surface area (Å²) < 4.78 is 44.6. The van der Waals surface area contributed by atoms with Crippen LogP contribution in [0, 0.1) is 0 Å². The molecule has 0 amide bonds. The summed E-state index contributed by atoms with van der Waals surface area (Å²) in [5.74, 6) is -3.28. The van der Waals surface area contributed by atoms with Crippen LogP contribution in [0.25, 0.3) is 0 Å². The first kappa shape index (κ1) is 101. The summed E-state index contributed by atoms with van der Waals surface area (Å²) in [7, 11) is 6.02. The van der Waals surface area contributed by atoms with Crippen LogP contribution in [0.4, 0.5) is 4.79 Å². The average molecular weight is 1600 g/mol. The molecule has 0 fully saturated rings. The molecule has 0 aromatic heterocycles. The van der Waals surface area contributed by atoms with E-state index < -0.39 is 107 Å². The van der Waals surface area contributed by atoms with Crippen LogP contribution in [-0.4, -0.2) is 177 Å². The number of hydrogen-bond acceptors (Lipinski definition) is 22. The van der Waals surface area contributed by atoms with Crippen LogP contribution < -0.4 is 59.8 Å². The van der Waals surface area contributed by atoms with Crippen LogP contribution in [0.5, 0.6) is 0 Å². The molecular formula is C76H110Cl3N5O18SSi3. The van der Waals surface area contributed by atoms with Gasteiger partial charge in [0.2, 0.25) is 9.23 Å². The van der Waals surface area contributed by atoms with Crippen molar-refractivity contribution in [3.8, 4) is 0 Å². The number of hydrogen-bond donors (Lipinski definition) is 9. The highest BCUT2D eigenvalue weighted by atomic mass is 36.0. The van der Waals surface area contributed by atoms with Gasteiger partial charge in [0.05, 0.1) is 61.5 Å². The topological polar surface area (TPSA) is 395 Å². The molecule has 7 aromatic carbocycles. The van der Waals surface area contributed by atoms with Gasteiger partial charge in [0.25, 0.3) is 16.6 Å². The molecule has 7 rings (SSSR count). The Balaban J connectivity index is 0. The van der Waals surface area contributed by atoms with Crippen LogP contribution in [0.1, 0.15) is 75.3 Å². The highest BCUT2D eigenvalue weighted by Crippen LogP contribution is 2.38. The molecule has 0 aliphatic heterocycles. The number of aliphatic carboxylic acids is 1. The smallest absolute Gasteiger partial charge is 0.404 e. The van der Waals surface area contributed by atoms with Crippen molar-refractivity contribution in [2.45, 2.75) is 122 Å². The number of carbonyl (C=O) groups is 6. The third-order valence-corrected chi connectivity index (χ3v) is 29.0. The number of halogens is 3. The number of ether oxygens (including phenoxy) is 5. The lowest BCUT2D eigenvalue weighted by Crippen LogP contribution is -2.67. The average Bonchev–Trinajstić information content (AvgIpc) is 0.755. The molecule has 5 atom stereocenters. The number of aliphatic hydroxyl groups is 3. The first-order chi connectivity index (χ1) is 49.4. The fraction of sp³-hybridized carbons (Fsp3) is 0.368. The van der Waals surface area contributed by atoms with Crippen molar-refractivity contribution >= 4 is 134 Å². The summed E-state index contributed by atoms with van der Waals surface area (Å²) in [4.78, 5) is 63.8. The van der Waals surface area contributed by atoms with Gasteiger partial charge in [0, 0.05) is 33.0 Å². The van der Waals surface area contributed by atoms with Gasteiger partial charge < -0.3 is 81.6 Å². The Kier molecular flexibility index (Phi) is 50.7. The molecule has 0 unspecified atom stereocenters. The molecule has 0 aliphatic rings. The molecule has 0 saturated heterocycles. The largest absolute Gasteiger partial charge is 0.480 e. The molecule has 586 valence electrons. The maximum atomic E-state index is 11.7. The summed E-state index contributed by atoms with van der Waals surface area (Å²) in [6.45, 7) is 19.4. The monoisotopic (exact) mass is 1600 g/mol. The van der Waals surface area contributed by atoms with Crippen molar-refractivity contribution in [2.75, 3.05) is 61.5 Å². The molecule has 0 aliphatic carbocycles. The minimum absolute atomic E-state index is 0. The third-order valence-electron chi connectivity index (χ3n) is 15.0. The number of methoxy groups -OCH3 is 4. The zero-order valence-corrected chi connectivity index (χ0v) is 68.1. The molecular weight excluding hydrogens is 1490 g/mol. The van der Waals surface area contributed by atoms with Crippen molar-refractivity contribution in [1.29, 1.82) is 0 Å².